The number of hydrogen-bond donors (Lipinski definition) is 2. The zero-order chi connectivity index (χ0) is 13.7. The highest BCUT2D eigenvalue weighted by Crippen LogP contribution is 2.28. The van der Waals surface area contributed by atoms with Crippen LogP contribution in [0.4, 0.5) is 5.82 Å². The van der Waals surface area contributed by atoms with E-state index in [2.05, 4.69) is 20.0 Å². The molecule has 6 heteroatoms. The summed E-state index contributed by atoms with van der Waals surface area (Å²) < 4.78 is 4.59. The van der Waals surface area contributed by atoms with E-state index in [1.165, 1.54) is 25.9 Å². The number of carbonyl (C=O) groups excluding carboxylic acids is 1. The first kappa shape index (κ1) is 13.7. The minimum atomic E-state index is -0.679. The molecule has 1 aromatic rings. The van der Waals surface area contributed by atoms with Crippen molar-refractivity contribution < 1.29 is 14.6 Å². The van der Waals surface area contributed by atoms with E-state index in [0.29, 0.717) is 12.4 Å². The third-order valence-electron chi connectivity index (χ3n) is 3.41. The molecule has 0 spiro atoms. The topological polar surface area (TPSA) is 84.3 Å². The van der Waals surface area contributed by atoms with Gasteiger partial charge in [0, 0.05) is 6.54 Å². The number of nitrogens with one attached hydrogen (secondary N) is 1. The molecule has 1 fully saturated rings. The second-order valence-corrected chi connectivity index (χ2v) is 4.92. The summed E-state index contributed by atoms with van der Waals surface area (Å²) in [5, 5.41) is 13.4. The highest BCUT2D eigenvalue weighted by Gasteiger charge is 2.28. The molecule has 6 nitrogen and oxygen atoms in total. The van der Waals surface area contributed by atoms with Crippen molar-refractivity contribution in [3.8, 4) is 0 Å². The number of carbonyl (C=O) groups is 1. The fraction of sp³-hybridized carbons (Fsp3) is 0.615. The SMILES string of the molecule is COC(=O)c1cncc(NCC2(O)CCCCC2)n1. The van der Waals surface area contributed by atoms with E-state index in [0.717, 1.165) is 25.7 Å². The molecule has 1 aromatic heterocycles. The minimum Gasteiger partial charge on any atom is -0.464 e. The van der Waals surface area contributed by atoms with Crippen LogP contribution in [-0.2, 0) is 4.74 Å². The van der Waals surface area contributed by atoms with E-state index in [-0.39, 0.29) is 5.69 Å². The first-order valence-electron chi connectivity index (χ1n) is 6.50. The van der Waals surface area contributed by atoms with Crippen LogP contribution < -0.4 is 5.32 Å². The number of ether oxygens (including phenoxy) is 1. The Kier molecular flexibility index (Phi) is 4.31. The molecular formula is C13H19N3O3. The molecule has 2 N–H and O–H groups in total. The van der Waals surface area contributed by atoms with E-state index in [9.17, 15) is 9.90 Å². The Morgan fingerprint density at radius 1 is 1.42 bits per heavy atom. The summed E-state index contributed by atoms with van der Waals surface area (Å²) in [6.45, 7) is 0.423. The Labute approximate surface area is 112 Å². The molecule has 19 heavy (non-hydrogen) atoms. The first-order valence-corrected chi connectivity index (χ1v) is 6.50. The van der Waals surface area contributed by atoms with Crippen LogP contribution in [-0.4, -0.2) is 40.3 Å². The summed E-state index contributed by atoms with van der Waals surface area (Å²) in [5.41, 5.74) is -0.524. The van der Waals surface area contributed by atoms with Crippen LogP contribution in [0.1, 0.15) is 42.6 Å². The van der Waals surface area contributed by atoms with Crippen LogP contribution in [0.25, 0.3) is 0 Å². The van der Waals surface area contributed by atoms with Crippen molar-refractivity contribution in [2.45, 2.75) is 37.7 Å². The van der Waals surface area contributed by atoms with Gasteiger partial charge < -0.3 is 15.2 Å². The maximum Gasteiger partial charge on any atom is 0.358 e. The van der Waals surface area contributed by atoms with Crippen molar-refractivity contribution in [3.05, 3.63) is 18.1 Å². The molecule has 0 aromatic carbocycles. The zero-order valence-electron chi connectivity index (χ0n) is 11.1. The highest BCUT2D eigenvalue weighted by atomic mass is 16.5. The molecule has 1 aliphatic carbocycles. The summed E-state index contributed by atoms with van der Waals surface area (Å²) in [5.74, 6) is -0.0468. The van der Waals surface area contributed by atoms with Crippen molar-refractivity contribution in [1.29, 1.82) is 0 Å². The number of methoxy groups -OCH3 is 1. The molecule has 1 aliphatic rings. The second kappa shape index (κ2) is 5.97. The van der Waals surface area contributed by atoms with Crippen molar-refractivity contribution >= 4 is 11.8 Å². The average Bonchev–Trinajstić information content (AvgIpc) is 2.45. The van der Waals surface area contributed by atoms with Gasteiger partial charge in [0.1, 0.15) is 5.82 Å². The van der Waals surface area contributed by atoms with Crippen LogP contribution in [0, 0.1) is 0 Å². The smallest absolute Gasteiger partial charge is 0.358 e. The summed E-state index contributed by atoms with van der Waals surface area (Å²) in [6, 6.07) is 0. The quantitative estimate of drug-likeness (QED) is 0.800. The van der Waals surface area contributed by atoms with Crippen LogP contribution in [0.5, 0.6) is 0 Å². The van der Waals surface area contributed by atoms with Gasteiger partial charge in [0.2, 0.25) is 0 Å². The summed E-state index contributed by atoms with van der Waals surface area (Å²) in [4.78, 5) is 19.4. The van der Waals surface area contributed by atoms with Crippen molar-refractivity contribution in [3.63, 3.8) is 0 Å². The van der Waals surface area contributed by atoms with Gasteiger partial charge in [-0.25, -0.2) is 9.78 Å². The lowest BCUT2D eigenvalue weighted by molar-refractivity contribution is 0.0166. The van der Waals surface area contributed by atoms with Gasteiger partial charge in [-0.05, 0) is 12.8 Å². The molecule has 1 heterocycles. The Morgan fingerprint density at radius 2 is 2.16 bits per heavy atom. The monoisotopic (exact) mass is 265 g/mol. The molecule has 0 atom stereocenters. The van der Waals surface area contributed by atoms with E-state index in [1.54, 1.807) is 0 Å². The lowest BCUT2D eigenvalue weighted by Gasteiger charge is -2.32. The molecule has 0 unspecified atom stereocenters. The Bertz CT molecular complexity index is 445. The van der Waals surface area contributed by atoms with Gasteiger partial charge >= 0.3 is 5.97 Å². The van der Waals surface area contributed by atoms with Crippen LogP contribution in [0.2, 0.25) is 0 Å². The maximum absolute atomic E-state index is 11.3. The number of anilines is 1. The van der Waals surface area contributed by atoms with Crippen LogP contribution >= 0.6 is 0 Å². The Morgan fingerprint density at radius 3 is 2.84 bits per heavy atom. The van der Waals surface area contributed by atoms with Crippen LogP contribution in [0.3, 0.4) is 0 Å². The highest BCUT2D eigenvalue weighted by molar-refractivity contribution is 5.87. The van der Waals surface area contributed by atoms with Gasteiger partial charge in [0.05, 0.1) is 25.1 Å². The van der Waals surface area contributed by atoms with E-state index in [1.807, 2.05) is 0 Å². The number of aliphatic hydroxyl groups is 1. The largest absolute Gasteiger partial charge is 0.464 e. The van der Waals surface area contributed by atoms with Crippen molar-refractivity contribution in [1.82, 2.24) is 9.97 Å². The average molecular weight is 265 g/mol. The molecule has 1 saturated carbocycles. The summed E-state index contributed by atoms with van der Waals surface area (Å²) >= 11 is 0. The van der Waals surface area contributed by atoms with E-state index < -0.39 is 11.6 Å². The summed E-state index contributed by atoms with van der Waals surface area (Å²) in [6.07, 6.45) is 7.75. The first-order chi connectivity index (χ1) is 9.13. The fourth-order valence-electron chi connectivity index (χ4n) is 2.30. The number of esters is 1. The lowest BCUT2D eigenvalue weighted by Crippen LogP contribution is -2.39. The van der Waals surface area contributed by atoms with Crippen LogP contribution in [0.15, 0.2) is 12.4 Å². The number of aromatic nitrogens is 2. The lowest BCUT2D eigenvalue weighted by atomic mass is 9.85. The molecule has 0 saturated heterocycles. The fourth-order valence-corrected chi connectivity index (χ4v) is 2.30. The molecule has 104 valence electrons. The van der Waals surface area contributed by atoms with Crippen molar-refractivity contribution in [2.24, 2.45) is 0 Å². The molecular weight excluding hydrogens is 246 g/mol. The van der Waals surface area contributed by atoms with Gasteiger partial charge in [-0.1, -0.05) is 19.3 Å². The van der Waals surface area contributed by atoms with Gasteiger partial charge in [0.25, 0.3) is 0 Å². The standard InChI is InChI=1S/C13H19N3O3/c1-19-12(17)10-7-14-8-11(16-10)15-9-13(18)5-3-2-4-6-13/h7-8,18H,2-6,9H2,1H3,(H,15,16). The van der Waals surface area contributed by atoms with Gasteiger partial charge in [-0.3, -0.25) is 4.98 Å². The predicted molar refractivity (Wildman–Crippen MR) is 69.9 cm³/mol. The van der Waals surface area contributed by atoms with Gasteiger partial charge in [0.15, 0.2) is 5.69 Å². The molecule has 0 radical (unpaired) electrons. The molecule has 2 rings (SSSR count). The van der Waals surface area contributed by atoms with Gasteiger partial charge in [-0.2, -0.15) is 0 Å². The summed E-state index contributed by atoms with van der Waals surface area (Å²) in [7, 11) is 1.30. The van der Waals surface area contributed by atoms with Crippen molar-refractivity contribution in [2.75, 3.05) is 19.0 Å². The Hall–Kier alpha value is -1.69. The third kappa shape index (κ3) is 3.64. The number of hydrogen-bond acceptors (Lipinski definition) is 6. The second-order valence-electron chi connectivity index (χ2n) is 4.92. The Balaban J connectivity index is 1.97. The molecule has 0 amide bonds. The maximum atomic E-state index is 11.3. The zero-order valence-corrected chi connectivity index (χ0v) is 11.1. The number of nitrogens with zero attached hydrogens (tertiary/aromatic N) is 2. The predicted octanol–water partition coefficient (Wildman–Crippen LogP) is 1.37. The van der Waals surface area contributed by atoms with Gasteiger partial charge in [-0.15, -0.1) is 0 Å². The number of rotatable bonds is 4. The van der Waals surface area contributed by atoms with E-state index >= 15 is 0 Å². The third-order valence-corrected chi connectivity index (χ3v) is 3.41. The molecule has 0 bridgehead atoms. The minimum absolute atomic E-state index is 0.156. The molecule has 0 aliphatic heterocycles. The normalized spacial score (nSPS) is 17.8. The van der Waals surface area contributed by atoms with E-state index in [4.69, 9.17) is 0 Å².